The zero-order chi connectivity index (χ0) is 27.2. The lowest BCUT2D eigenvalue weighted by Gasteiger charge is -2.37. The fourth-order valence-corrected chi connectivity index (χ4v) is 5.06. The summed E-state index contributed by atoms with van der Waals surface area (Å²) in [5, 5.41) is 11.5. The number of carbonyl (C=O) groups excluding carboxylic acids is 2. The SMILES string of the molecule is CN(C)c1ccc(NC(=O)C(C2CC=CCC2)N(Cc2cccnc2)C(=O)Cn2nnc3ccccc32)cc1. The lowest BCUT2D eigenvalue weighted by atomic mass is 9.85. The molecule has 2 aromatic heterocycles. The van der Waals surface area contributed by atoms with Gasteiger partial charge in [0, 0.05) is 44.4 Å². The number of carbonyl (C=O) groups is 2. The molecule has 0 fully saturated rings. The van der Waals surface area contributed by atoms with E-state index in [0.29, 0.717) is 5.69 Å². The molecule has 1 aliphatic carbocycles. The predicted molar refractivity (Wildman–Crippen MR) is 152 cm³/mol. The van der Waals surface area contributed by atoms with Crippen LogP contribution in [0.2, 0.25) is 0 Å². The summed E-state index contributed by atoms with van der Waals surface area (Å²) in [5.74, 6) is -0.426. The Hall–Kier alpha value is -4.53. The minimum absolute atomic E-state index is 0.0232. The molecular formula is C30H33N7O2. The Bertz CT molecular complexity index is 1450. The van der Waals surface area contributed by atoms with Gasteiger partial charge in [-0.15, -0.1) is 5.10 Å². The molecule has 2 heterocycles. The number of aromatic nitrogens is 4. The van der Waals surface area contributed by atoms with Crippen molar-refractivity contribution in [1.82, 2.24) is 24.9 Å². The molecule has 200 valence electrons. The molecule has 9 heteroatoms. The third-order valence-corrected chi connectivity index (χ3v) is 7.11. The highest BCUT2D eigenvalue weighted by molar-refractivity contribution is 5.97. The average Bonchev–Trinajstić information content (AvgIpc) is 3.36. The Kier molecular flexibility index (Phi) is 7.96. The summed E-state index contributed by atoms with van der Waals surface area (Å²) in [5.41, 5.74) is 4.08. The number of hydrogen-bond acceptors (Lipinski definition) is 6. The van der Waals surface area contributed by atoms with Gasteiger partial charge in [0.25, 0.3) is 0 Å². The molecule has 2 atom stereocenters. The van der Waals surface area contributed by atoms with E-state index >= 15 is 0 Å². The molecule has 0 aliphatic heterocycles. The number of benzene rings is 2. The monoisotopic (exact) mass is 523 g/mol. The second-order valence-electron chi connectivity index (χ2n) is 10.0. The van der Waals surface area contributed by atoms with Crippen LogP contribution in [0.4, 0.5) is 11.4 Å². The van der Waals surface area contributed by atoms with Crippen LogP contribution < -0.4 is 10.2 Å². The summed E-state index contributed by atoms with van der Waals surface area (Å²) in [4.78, 5) is 36.0. The average molecular weight is 524 g/mol. The van der Waals surface area contributed by atoms with Gasteiger partial charge in [-0.25, -0.2) is 4.68 Å². The van der Waals surface area contributed by atoms with Gasteiger partial charge < -0.3 is 15.1 Å². The first-order valence-corrected chi connectivity index (χ1v) is 13.2. The van der Waals surface area contributed by atoms with Crippen LogP contribution in [0.15, 0.2) is 85.2 Å². The van der Waals surface area contributed by atoms with E-state index in [0.717, 1.165) is 41.5 Å². The number of anilines is 2. The smallest absolute Gasteiger partial charge is 0.247 e. The van der Waals surface area contributed by atoms with E-state index in [1.165, 1.54) is 0 Å². The van der Waals surface area contributed by atoms with Crippen molar-refractivity contribution < 1.29 is 9.59 Å². The second-order valence-corrected chi connectivity index (χ2v) is 10.0. The zero-order valence-corrected chi connectivity index (χ0v) is 22.3. The topological polar surface area (TPSA) is 96.2 Å². The Morgan fingerprint density at radius 3 is 2.59 bits per heavy atom. The number of para-hydroxylation sites is 1. The Labute approximate surface area is 228 Å². The number of rotatable bonds is 9. The first-order chi connectivity index (χ1) is 19.0. The molecule has 1 N–H and O–H groups in total. The summed E-state index contributed by atoms with van der Waals surface area (Å²) >= 11 is 0. The predicted octanol–water partition coefficient (Wildman–Crippen LogP) is 4.28. The van der Waals surface area contributed by atoms with Gasteiger partial charge in [-0.2, -0.15) is 0 Å². The highest BCUT2D eigenvalue weighted by atomic mass is 16.2. The fraction of sp³-hybridized carbons (Fsp3) is 0.300. The van der Waals surface area contributed by atoms with Gasteiger partial charge in [0.2, 0.25) is 11.8 Å². The number of fused-ring (bicyclic) bond motifs is 1. The van der Waals surface area contributed by atoms with Crippen LogP contribution in [-0.4, -0.2) is 56.8 Å². The van der Waals surface area contributed by atoms with Crippen LogP contribution in [0, 0.1) is 5.92 Å². The maximum atomic E-state index is 14.0. The van der Waals surface area contributed by atoms with Crippen LogP contribution in [-0.2, 0) is 22.7 Å². The molecule has 0 saturated heterocycles. The summed E-state index contributed by atoms with van der Waals surface area (Å²) in [7, 11) is 3.95. The standard InChI is InChI=1S/C30H33N7O2/c1-35(2)25-16-14-24(15-17-25)32-30(39)29(23-10-4-3-5-11-23)36(20-22-9-8-18-31-19-22)28(38)21-37-27-13-7-6-12-26(27)33-34-37/h3-4,6-9,12-19,23,29H,5,10-11,20-21H2,1-2H3,(H,32,39). The maximum Gasteiger partial charge on any atom is 0.247 e. The maximum absolute atomic E-state index is 14.0. The largest absolute Gasteiger partial charge is 0.378 e. The summed E-state index contributed by atoms with van der Waals surface area (Å²) in [6.45, 7) is 0.238. The van der Waals surface area contributed by atoms with Crippen molar-refractivity contribution >= 4 is 34.2 Å². The second kappa shape index (κ2) is 11.9. The Morgan fingerprint density at radius 1 is 1.05 bits per heavy atom. The molecule has 39 heavy (non-hydrogen) atoms. The van der Waals surface area contributed by atoms with Gasteiger partial charge in [-0.3, -0.25) is 14.6 Å². The van der Waals surface area contributed by atoms with Crippen molar-refractivity contribution in [1.29, 1.82) is 0 Å². The van der Waals surface area contributed by atoms with E-state index in [2.05, 4.69) is 32.8 Å². The van der Waals surface area contributed by atoms with Gasteiger partial charge in [-0.1, -0.05) is 35.6 Å². The van der Waals surface area contributed by atoms with Crippen LogP contribution in [0.5, 0.6) is 0 Å². The molecule has 2 unspecified atom stereocenters. The first kappa shape index (κ1) is 26.1. The van der Waals surface area contributed by atoms with Crippen molar-refractivity contribution in [2.24, 2.45) is 5.92 Å². The Morgan fingerprint density at radius 2 is 1.87 bits per heavy atom. The lowest BCUT2D eigenvalue weighted by Crippen LogP contribution is -2.52. The van der Waals surface area contributed by atoms with E-state index < -0.39 is 6.04 Å². The van der Waals surface area contributed by atoms with E-state index in [9.17, 15) is 9.59 Å². The van der Waals surface area contributed by atoms with Crippen LogP contribution in [0.25, 0.3) is 11.0 Å². The molecule has 0 spiro atoms. The number of allylic oxidation sites excluding steroid dienone is 2. The number of nitrogens with zero attached hydrogens (tertiary/aromatic N) is 6. The molecule has 2 amide bonds. The lowest BCUT2D eigenvalue weighted by molar-refractivity contribution is -0.142. The number of hydrogen-bond donors (Lipinski definition) is 1. The van der Waals surface area contributed by atoms with E-state index in [1.807, 2.05) is 79.7 Å². The van der Waals surface area contributed by atoms with Gasteiger partial charge in [0.05, 0.1) is 5.52 Å². The highest BCUT2D eigenvalue weighted by Crippen LogP contribution is 2.28. The zero-order valence-electron chi connectivity index (χ0n) is 22.3. The molecule has 0 bridgehead atoms. The molecule has 0 radical (unpaired) electrons. The van der Waals surface area contributed by atoms with E-state index in [1.54, 1.807) is 22.0 Å². The fourth-order valence-electron chi connectivity index (χ4n) is 5.06. The first-order valence-electron chi connectivity index (χ1n) is 13.2. The van der Waals surface area contributed by atoms with Gasteiger partial charge in [0.1, 0.15) is 18.1 Å². The highest BCUT2D eigenvalue weighted by Gasteiger charge is 2.37. The van der Waals surface area contributed by atoms with E-state index in [-0.39, 0.29) is 30.8 Å². The van der Waals surface area contributed by atoms with Crippen molar-refractivity contribution in [2.45, 2.75) is 38.4 Å². The van der Waals surface area contributed by atoms with Gasteiger partial charge in [0.15, 0.2) is 0 Å². The summed E-state index contributed by atoms with van der Waals surface area (Å²) in [6, 6.07) is 18.3. The molecule has 9 nitrogen and oxygen atoms in total. The van der Waals surface area contributed by atoms with Crippen molar-refractivity contribution in [3.05, 3.63) is 90.8 Å². The van der Waals surface area contributed by atoms with Gasteiger partial charge in [-0.05, 0) is 73.2 Å². The number of pyridine rings is 1. The van der Waals surface area contributed by atoms with Crippen molar-refractivity contribution in [2.75, 3.05) is 24.3 Å². The summed E-state index contributed by atoms with van der Waals surface area (Å²) < 4.78 is 1.60. The molecule has 4 aromatic rings. The third kappa shape index (κ3) is 6.14. The van der Waals surface area contributed by atoms with Gasteiger partial charge >= 0.3 is 0 Å². The van der Waals surface area contributed by atoms with Crippen LogP contribution in [0.1, 0.15) is 24.8 Å². The van der Waals surface area contributed by atoms with Crippen LogP contribution in [0.3, 0.4) is 0 Å². The normalized spacial score (nSPS) is 15.6. The quantitative estimate of drug-likeness (QED) is 0.329. The minimum atomic E-state index is -0.675. The molecule has 0 saturated carbocycles. The van der Waals surface area contributed by atoms with Crippen molar-refractivity contribution in [3.8, 4) is 0 Å². The molecule has 2 aromatic carbocycles. The third-order valence-electron chi connectivity index (χ3n) is 7.11. The summed E-state index contributed by atoms with van der Waals surface area (Å²) in [6.07, 6.45) is 10.1. The van der Waals surface area contributed by atoms with E-state index in [4.69, 9.17) is 0 Å². The number of nitrogens with one attached hydrogen (secondary N) is 1. The number of amides is 2. The Balaban J connectivity index is 1.47. The van der Waals surface area contributed by atoms with Crippen molar-refractivity contribution in [3.63, 3.8) is 0 Å². The molecule has 5 rings (SSSR count). The van der Waals surface area contributed by atoms with Crippen LogP contribution >= 0.6 is 0 Å². The molecule has 1 aliphatic rings. The minimum Gasteiger partial charge on any atom is -0.378 e. The molecular weight excluding hydrogens is 490 g/mol.